The van der Waals surface area contributed by atoms with E-state index in [2.05, 4.69) is 0 Å². The van der Waals surface area contributed by atoms with Crippen LogP contribution in [0.2, 0.25) is 0 Å². The van der Waals surface area contributed by atoms with Crippen molar-refractivity contribution in [2.24, 2.45) is 11.7 Å². The zero-order chi connectivity index (χ0) is 12.6. The zero-order valence-electron chi connectivity index (χ0n) is 9.09. The highest BCUT2D eigenvalue weighted by Crippen LogP contribution is 2.41. The molecule has 2 unspecified atom stereocenters. The van der Waals surface area contributed by atoms with Crippen LogP contribution in [-0.2, 0) is 21.5 Å². The first kappa shape index (κ1) is 11.6. The number of fused-ring (bicyclic) bond motifs is 1. The Bertz CT molecular complexity index is 485. The molecule has 2 atom stereocenters. The number of carbonyl (C=O) groups is 2. The minimum absolute atomic E-state index is 0.287. The van der Waals surface area contributed by atoms with Crippen LogP contribution < -0.4 is 5.73 Å². The third-order valence-corrected chi connectivity index (χ3v) is 3.31. The molecule has 0 amide bonds. The summed E-state index contributed by atoms with van der Waals surface area (Å²) in [5.41, 5.74) is 6.20. The third kappa shape index (κ3) is 1.78. The van der Waals surface area contributed by atoms with E-state index in [1.54, 1.807) is 24.3 Å². The predicted molar refractivity (Wildman–Crippen MR) is 59.4 cm³/mol. The van der Waals surface area contributed by atoms with Crippen LogP contribution in [0.1, 0.15) is 17.5 Å². The highest BCUT2D eigenvalue weighted by molar-refractivity contribution is 5.78. The topological polar surface area (TPSA) is 101 Å². The lowest BCUT2D eigenvalue weighted by Crippen LogP contribution is -2.46. The van der Waals surface area contributed by atoms with E-state index in [-0.39, 0.29) is 12.8 Å². The Kier molecular flexibility index (Phi) is 2.63. The van der Waals surface area contributed by atoms with E-state index < -0.39 is 23.4 Å². The van der Waals surface area contributed by atoms with Gasteiger partial charge in [-0.15, -0.1) is 0 Å². The summed E-state index contributed by atoms with van der Waals surface area (Å²) in [7, 11) is 0. The lowest BCUT2D eigenvalue weighted by molar-refractivity contribution is -0.146. The molecule has 0 heterocycles. The average molecular weight is 235 g/mol. The molecule has 0 aliphatic heterocycles. The molecule has 1 aromatic rings. The van der Waals surface area contributed by atoms with Gasteiger partial charge >= 0.3 is 11.9 Å². The van der Waals surface area contributed by atoms with Crippen LogP contribution in [0.4, 0.5) is 0 Å². The van der Waals surface area contributed by atoms with Gasteiger partial charge in [0.15, 0.2) is 0 Å². The predicted octanol–water partition coefficient (Wildman–Crippen LogP) is 0.572. The maximum atomic E-state index is 11.2. The molecule has 0 aromatic heterocycles. The molecule has 0 radical (unpaired) electrons. The summed E-state index contributed by atoms with van der Waals surface area (Å²) in [6.07, 6.45) is -0.0870. The highest BCUT2D eigenvalue weighted by Gasteiger charge is 2.48. The molecule has 90 valence electrons. The molecule has 17 heavy (non-hydrogen) atoms. The number of benzene rings is 1. The molecule has 2 rings (SSSR count). The van der Waals surface area contributed by atoms with E-state index >= 15 is 0 Å². The van der Waals surface area contributed by atoms with Gasteiger partial charge < -0.3 is 15.9 Å². The zero-order valence-corrected chi connectivity index (χ0v) is 9.09. The summed E-state index contributed by atoms with van der Waals surface area (Å²) >= 11 is 0. The van der Waals surface area contributed by atoms with Gasteiger partial charge in [0.2, 0.25) is 0 Å². The number of carboxylic acid groups (broad SMARTS) is 2. The van der Waals surface area contributed by atoms with Crippen molar-refractivity contribution in [3.05, 3.63) is 35.4 Å². The van der Waals surface area contributed by atoms with Crippen molar-refractivity contribution >= 4 is 11.9 Å². The average Bonchev–Trinajstić information content (AvgIpc) is 2.52. The summed E-state index contributed by atoms with van der Waals surface area (Å²) in [5, 5.41) is 18.1. The van der Waals surface area contributed by atoms with Crippen LogP contribution in [0.15, 0.2) is 24.3 Å². The maximum Gasteiger partial charge on any atom is 0.309 e. The lowest BCUT2D eigenvalue weighted by Gasteiger charge is -2.28. The second-order valence-corrected chi connectivity index (χ2v) is 4.36. The van der Waals surface area contributed by atoms with E-state index in [1.807, 2.05) is 0 Å². The standard InChI is InChI=1S/C12H13NO4/c13-12(6-10(14)15)8-4-2-1-3-7(8)5-9(12)11(16)17/h1-4,9H,5-6,13H2,(H,14,15)(H,16,17). The molecule has 1 aliphatic carbocycles. The summed E-state index contributed by atoms with van der Waals surface area (Å²) in [5.74, 6) is -3.02. The van der Waals surface area contributed by atoms with E-state index in [4.69, 9.17) is 15.9 Å². The number of rotatable bonds is 3. The Labute approximate surface area is 97.9 Å². The van der Waals surface area contributed by atoms with Crippen molar-refractivity contribution in [1.29, 1.82) is 0 Å². The van der Waals surface area contributed by atoms with Crippen LogP contribution in [-0.4, -0.2) is 22.2 Å². The third-order valence-electron chi connectivity index (χ3n) is 3.31. The van der Waals surface area contributed by atoms with Gasteiger partial charge in [0.1, 0.15) is 0 Å². The van der Waals surface area contributed by atoms with Gasteiger partial charge in [0.05, 0.1) is 17.9 Å². The van der Waals surface area contributed by atoms with Crippen LogP contribution in [0, 0.1) is 5.92 Å². The van der Waals surface area contributed by atoms with E-state index in [9.17, 15) is 9.59 Å². The first-order valence-corrected chi connectivity index (χ1v) is 5.27. The first-order valence-electron chi connectivity index (χ1n) is 5.27. The van der Waals surface area contributed by atoms with E-state index in [0.29, 0.717) is 5.56 Å². The van der Waals surface area contributed by atoms with E-state index in [1.165, 1.54) is 0 Å². The Hall–Kier alpha value is -1.88. The van der Waals surface area contributed by atoms with Crippen molar-refractivity contribution in [2.75, 3.05) is 0 Å². The number of aliphatic carboxylic acids is 2. The van der Waals surface area contributed by atoms with Crippen LogP contribution >= 0.6 is 0 Å². The fraction of sp³-hybridized carbons (Fsp3) is 0.333. The Balaban J connectivity index is 2.50. The largest absolute Gasteiger partial charge is 0.481 e. The summed E-state index contributed by atoms with van der Waals surface area (Å²) in [6, 6.07) is 7.04. The lowest BCUT2D eigenvalue weighted by atomic mass is 9.81. The Morgan fingerprint density at radius 3 is 2.59 bits per heavy atom. The minimum atomic E-state index is -1.31. The van der Waals surface area contributed by atoms with E-state index in [0.717, 1.165) is 5.56 Å². The van der Waals surface area contributed by atoms with Crippen molar-refractivity contribution in [2.45, 2.75) is 18.4 Å². The molecule has 0 bridgehead atoms. The van der Waals surface area contributed by atoms with Crippen molar-refractivity contribution in [1.82, 2.24) is 0 Å². The molecule has 0 saturated heterocycles. The van der Waals surface area contributed by atoms with Gasteiger partial charge in [0, 0.05) is 0 Å². The molecule has 0 saturated carbocycles. The smallest absolute Gasteiger partial charge is 0.309 e. The van der Waals surface area contributed by atoms with Gasteiger partial charge in [-0.25, -0.2) is 0 Å². The monoisotopic (exact) mass is 235 g/mol. The summed E-state index contributed by atoms with van der Waals surface area (Å²) in [6.45, 7) is 0. The van der Waals surface area contributed by atoms with Crippen LogP contribution in [0.5, 0.6) is 0 Å². The molecule has 0 fully saturated rings. The molecule has 0 spiro atoms. The number of carboxylic acids is 2. The number of hydrogen-bond donors (Lipinski definition) is 3. The fourth-order valence-corrected chi connectivity index (χ4v) is 2.52. The molecule has 4 N–H and O–H groups in total. The molecular weight excluding hydrogens is 222 g/mol. The van der Waals surface area contributed by atoms with Crippen LogP contribution in [0.3, 0.4) is 0 Å². The second-order valence-electron chi connectivity index (χ2n) is 4.36. The Morgan fingerprint density at radius 2 is 2.00 bits per heavy atom. The Morgan fingerprint density at radius 1 is 1.35 bits per heavy atom. The SMILES string of the molecule is NC1(CC(=O)O)c2ccccc2CC1C(=O)O. The molecule has 1 aliphatic rings. The minimum Gasteiger partial charge on any atom is -0.481 e. The van der Waals surface area contributed by atoms with Gasteiger partial charge in [-0.05, 0) is 17.5 Å². The first-order chi connectivity index (χ1) is 7.95. The summed E-state index contributed by atoms with van der Waals surface area (Å²) < 4.78 is 0. The molecule has 1 aromatic carbocycles. The van der Waals surface area contributed by atoms with Gasteiger partial charge in [-0.2, -0.15) is 0 Å². The molecular formula is C12H13NO4. The fourth-order valence-electron chi connectivity index (χ4n) is 2.52. The molecule has 5 nitrogen and oxygen atoms in total. The van der Waals surface area contributed by atoms with Crippen LogP contribution in [0.25, 0.3) is 0 Å². The normalized spacial score (nSPS) is 26.5. The van der Waals surface area contributed by atoms with Gasteiger partial charge in [-0.1, -0.05) is 24.3 Å². The van der Waals surface area contributed by atoms with Crippen molar-refractivity contribution in [3.8, 4) is 0 Å². The number of nitrogens with two attached hydrogens (primary N) is 1. The summed E-state index contributed by atoms with van der Waals surface area (Å²) in [4.78, 5) is 22.1. The maximum absolute atomic E-state index is 11.2. The second kappa shape index (κ2) is 3.85. The van der Waals surface area contributed by atoms with Gasteiger partial charge in [-0.3, -0.25) is 9.59 Å². The van der Waals surface area contributed by atoms with Gasteiger partial charge in [0.25, 0.3) is 0 Å². The highest BCUT2D eigenvalue weighted by atomic mass is 16.4. The van der Waals surface area contributed by atoms with Crippen molar-refractivity contribution in [3.63, 3.8) is 0 Å². The molecule has 5 heteroatoms. The quantitative estimate of drug-likeness (QED) is 0.711. The number of hydrogen-bond acceptors (Lipinski definition) is 3. The van der Waals surface area contributed by atoms with Crippen molar-refractivity contribution < 1.29 is 19.8 Å².